The minimum atomic E-state index is -0.973. The van der Waals surface area contributed by atoms with Crippen molar-refractivity contribution in [2.45, 2.75) is 19.4 Å². The molecular weight excluding hydrogens is 396 g/mol. The summed E-state index contributed by atoms with van der Waals surface area (Å²) in [7, 11) is 0. The minimum Gasteiger partial charge on any atom is -0.332 e. The van der Waals surface area contributed by atoms with Gasteiger partial charge in [-0.15, -0.1) is 19.0 Å². The second kappa shape index (κ2) is 9.67. The lowest BCUT2D eigenvalue weighted by Crippen LogP contribution is -2.52. The Bertz CT molecular complexity index is 811. The van der Waals surface area contributed by atoms with Crippen LogP contribution in [0.4, 0.5) is 4.79 Å². The molecule has 1 aromatic carbocycles. The Labute approximate surface area is 175 Å². The second-order valence-corrected chi connectivity index (χ2v) is 6.78. The lowest BCUT2D eigenvalue weighted by atomic mass is 10.0. The number of amides is 5. The van der Waals surface area contributed by atoms with E-state index in [2.05, 4.69) is 18.8 Å². The molecule has 5 amide bonds. The van der Waals surface area contributed by atoms with Gasteiger partial charge in [-0.3, -0.25) is 19.3 Å². The first-order valence-electron chi connectivity index (χ1n) is 9.35. The summed E-state index contributed by atoms with van der Waals surface area (Å²) in [6.45, 7) is 6.71. The van der Waals surface area contributed by atoms with Gasteiger partial charge in [0.1, 0.15) is 6.54 Å². The van der Waals surface area contributed by atoms with Crippen LogP contribution in [0.1, 0.15) is 24.1 Å². The molecular formula is C20H25ClN4O4. The van der Waals surface area contributed by atoms with E-state index < -0.39 is 24.4 Å². The van der Waals surface area contributed by atoms with Crippen LogP contribution in [0.3, 0.4) is 0 Å². The molecule has 2 aliphatic heterocycles. The van der Waals surface area contributed by atoms with Crippen LogP contribution in [-0.2, 0) is 20.8 Å². The molecule has 1 unspecified atom stereocenters. The Kier molecular flexibility index (Phi) is 7.53. The van der Waals surface area contributed by atoms with Crippen LogP contribution in [-0.4, -0.2) is 71.2 Å². The van der Waals surface area contributed by atoms with Gasteiger partial charge in [-0.05, 0) is 17.5 Å². The fourth-order valence-electron chi connectivity index (χ4n) is 3.48. The lowest BCUT2D eigenvalue weighted by Gasteiger charge is -2.37. The third-order valence-corrected chi connectivity index (χ3v) is 5.08. The number of urea groups is 1. The Morgan fingerprint density at radius 2 is 1.83 bits per heavy atom. The Morgan fingerprint density at radius 3 is 2.45 bits per heavy atom. The fraction of sp³-hybridized carbons (Fsp3) is 0.400. The molecule has 3 rings (SSSR count). The zero-order valence-electron chi connectivity index (χ0n) is 16.3. The van der Waals surface area contributed by atoms with Gasteiger partial charge in [0.2, 0.25) is 5.91 Å². The van der Waals surface area contributed by atoms with Crippen LogP contribution < -0.4 is 5.32 Å². The summed E-state index contributed by atoms with van der Waals surface area (Å²) in [5.41, 5.74) is 2.20. The maximum absolute atomic E-state index is 12.9. The molecule has 2 aliphatic rings. The predicted molar refractivity (Wildman–Crippen MR) is 109 cm³/mol. The van der Waals surface area contributed by atoms with Gasteiger partial charge >= 0.3 is 17.8 Å². The number of aryl methyl sites for hydroxylation is 1. The molecule has 9 heteroatoms. The van der Waals surface area contributed by atoms with E-state index in [9.17, 15) is 19.2 Å². The standard InChI is InChI=1S/C20H24N4O4.ClH/c1-3-10-23-18(26)19(27)24(20(23)28)13-17(25)22-11-9-21-12-16(22)15-7-5-14(4-2)6-8-15;/h3,5-8,16,21H,1,4,9-13H2,2H3;1H. The van der Waals surface area contributed by atoms with Gasteiger partial charge in [0.15, 0.2) is 0 Å². The first-order valence-corrected chi connectivity index (χ1v) is 9.35. The molecule has 0 aliphatic carbocycles. The summed E-state index contributed by atoms with van der Waals surface area (Å²) in [5, 5.41) is 3.27. The summed E-state index contributed by atoms with van der Waals surface area (Å²) in [5.74, 6) is -2.26. The van der Waals surface area contributed by atoms with Crippen LogP contribution in [0.2, 0.25) is 0 Å². The SMILES string of the molecule is C=CCN1C(=O)C(=O)N(CC(=O)N2CCNCC2c2ccc(CC)cc2)C1=O.Cl. The minimum absolute atomic E-state index is 0. The molecule has 2 fully saturated rings. The highest BCUT2D eigenvalue weighted by molar-refractivity contribution is 6.45. The van der Waals surface area contributed by atoms with Gasteiger partial charge in [-0.1, -0.05) is 37.3 Å². The van der Waals surface area contributed by atoms with Crippen LogP contribution in [0.5, 0.6) is 0 Å². The highest BCUT2D eigenvalue weighted by Crippen LogP contribution is 2.24. The van der Waals surface area contributed by atoms with Gasteiger partial charge in [-0.2, -0.15) is 0 Å². The van der Waals surface area contributed by atoms with E-state index in [-0.39, 0.29) is 30.9 Å². The van der Waals surface area contributed by atoms with E-state index in [0.717, 1.165) is 16.9 Å². The van der Waals surface area contributed by atoms with E-state index in [0.29, 0.717) is 24.5 Å². The third kappa shape index (κ3) is 4.49. The average Bonchev–Trinajstić information content (AvgIpc) is 2.92. The first-order chi connectivity index (χ1) is 13.5. The van der Waals surface area contributed by atoms with Crippen molar-refractivity contribution in [1.29, 1.82) is 0 Å². The number of nitrogens with zero attached hydrogens (tertiary/aromatic N) is 3. The second-order valence-electron chi connectivity index (χ2n) is 6.78. The third-order valence-electron chi connectivity index (χ3n) is 5.08. The van der Waals surface area contributed by atoms with E-state index in [1.807, 2.05) is 24.3 Å². The van der Waals surface area contributed by atoms with Crippen LogP contribution in [0, 0.1) is 0 Å². The number of hydrogen-bond donors (Lipinski definition) is 1. The first kappa shape index (κ1) is 22.6. The molecule has 2 heterocycles. The van der Waals surface area contributed by atoms with E-state index in [1.165, 1.54) is 11.6 Å². The van der Waals surface area contributed by atoms with Crippen molar-refractivity contribution < 1.29 is 19.2 Å². The summed E-state index contributed by atoms with van der Waals surface area (Å²) in [4.78, 5) is 52.5. The summed E-state index contributed by atoms with van der Waals surface area (Å²) in [6.07, 6.45) is 2.29. The molecule has 0 bridgehead atoms. The number of piperazine rings is 1. The fourth-order valence-corrected chi connectivity index (χ4v) is 3.48. The van der Waals surface area contributed by atoms with Crippen molar-refractivity contribution in [1.82, 2.24) is 20.0 Å². The quantitative estimate of drug-likeness (QED) is 0.423. The van der Waals surface area contributed by atoms with Crippen molar-refractivity contribution in [3.05, 3.63) is 48.0 Å². The van der Waals surface area contributed by atoms with E-state index in [4.69, 9.17) is 0 Å². The predicted octanol–water partition coefficient (Wildman–Crippen LogP) is 1.12. The lowest BCUT2D eigenvalue weighted by molar-refractivity contribution is -0.145. The molecule has 0 radical (unpaired) electrons. The average molecular weight is 421 g/mol. The largest absolute Gasteiger partial charge is 0.335 e. The zero-order valence-corrected chi connectivity index (χ0v) is 17.1. The summed E-state index contributed by atoms with van der Waals surface area (Å²) >= 11 is 0. The molecule has 1 aromatic rings. The smallest absolute Gasteiger partial charge is 0.332 e. The number of benzene rings is 1. The number of halogens is 1. The van der Waals surface area contributed by atoms with Gasteiger partial charge in [0.05, 0.1) is 6.04 Å². The van der Waals surface area contributed by atoms with Gasteiger partial charge in [0.25, 0.3) is 0 Å². The van der Waals surface area contributed by atoms with Crippen molar-refractivity contribution in [2.75, 3.05) is 32.7 Å². The number of nitrogens with one attached hydrogen (secondary N) is 1. The molecule has 2 saturated heterocycles. The van der Waals surface area contributed by atoms with Crippen molar-refractivity contribution in [3.8, 4) is 0 Å². The highest BCUT2D eigenvalue weighted by Gasteiger charge is 2.45. The number of imide groups is 2. The highest BCUT2D eigenvalue weighted by atomic mass is 35.5. The molecule has 156 valence electrons. The number of hydrogen-bond acceptors (Lipinski definition) is 5. The topological polar surface area (TPSA) is 90.0 Å². The maximum Gasteiger partial charge on any atom is 0.335 e. The van der Waals surface area contributed by atoms with Crippen LogP contribution in [0.25, 0.3) is 0 Å². The van der Waals surface area contributed by atoms with Crippen LogP contribution >= 0.6 is 12.4 Å². The number of carbonyl (C=O) groups excluding carboxylic acids is 4. The van der Waals surface area contributed by atoms with Gasteiger partial charge in [-0.25, -0.2) is 9.69 Å². The van der Waals surface area contributed by atoms with Crippen molar-refractivity contribution >= 4 is 36.2 Å². The Morgan fingerprint density at radius 1 is 1.17 bits per heavy atom. The number of carbonyl (C=O) groups is 4. The zero-order chi connectivity index (χ0) is 20.3. The molecule has 0 saturated carbocycles. The van der Waals surface area contributed by atoms with Crippen LogP contribution in [0.15, 0.2) is 36.9 Å². The molecule has 8 nitrogen and oxygen atoms in total. The van der Waals surface area contributed by atoms with E-state index >= 15 is 0 Å². The van der Waals surface area contributed by atoms with Gasteiger partial charge < -0.3 is 10.2 Å². The molecule has 0 spiro atoms. The Hall–Kier alpha value is -2.71. The summed E-state index contributed by atoms with van der Waals surface area (Å²) in [6, 6.07) is 7.09. The van der Waals surface area contributed by atoms with Crippen molar-refractivity contribution in [2.24, 2.45) is 0 Å². The molecule has 1 N–H and O–H groups in total. The molecule has 29 heavy (non-hydrogen) atoms. The summed E-state index contributed by atoms with van der Waals surface area (Å²) < 4.78 is 0. The molecule has 1 atom stereocenters. The monoisotopic (exact) mass is 420 g/mol. The normalized spacial score (nSPS) is 19.4. The number of rotatable bonds is 6. The Balaban J connectivity index is 0.00000300. The van der Waals surface area contributed by atoms with Gasteiger partial charge in [0, 0.05) is 26.2 Å². The van der Waals surface area contributed by atoms with Crippen molar-refractivity contribution in [3.63, 3.8) is 0 Å². The molecule has 0 aromatic heterocycles. The van der Waals surface area contributed by atoms with E-state index in [1.54, 1.807) is 4.90 Å². The maximum atomic E-state index is 12.9.